The highest BCUT2D eigenvalue weighted by Crippen LogP contribution is 2.45. The van der Waals surface area contributed by atoms with Crippen LogP contribution < -0.4 is 15.2 Å². The fourth-order valence-corrected chi connectivity index (χ4v) is 4.01. The number of fused-ring (bicyclic) bond motifs is 5. The summed E-state index contributed by atoms with van der Waals surface area (Å²) in [7, 11) is 0. The first-order valence-corrected chi connectivity index (χ1v) is 9.47. The molecule has 0 unspecified atom stereocenters. The van der Waals surface area contributed by atoms with Crippen LogP contribution >= 0.6 is 0 Å². The van der Waals surface area contributed by atoms with Crippen LogP contribution in [0.25, 0.3) is 16.6 Å². The first kappa shape index (κ1) is 19.1. The summed E-state index contributed by atoms with van der Waals surface area (Å²) in [4.78, 5) is 10.6. The van der Waals surface area contributed by atoms with Crippen LogP contribution in [0.15, 0.2) is 12.1 Å². The highest BCUT2D eigenvalue weighted by molar-refractivity contribution is 5.97. The Bertz CT molecular complexity index is 1150. The predicted octanol–water partition coefficient (Wildman–Crippen LogP) is 2.84. The van der Waals surface area contributed by atoms with Crippen molar-refractivity contribution in [3.63, 3.8) is 0 Å². The molecule has 2 aliphatic rings. The van der Waals surface area contributed by atoms with E-state index in [0.29, 0.717) is 36.4 Å². The van der Waals surface area contributed by atoms with E-state index < -0.39 is 12.2 Å². The van der Waals surface area contributed by atoms with Crippen molar-refractivity contribution in [3.05, 3.63) is 18.0 Å². The van der Waals surface area contributed by atoms with Crippen LogP contribution in [-0.2, 0) is 6.42 Å². The summed E-state index contributed by atoms with van der Waals surface area (Å²) in [6.45, 7) is 2.59. The van der Waals surface area contributed by atoms with E-state index in [1.54, 1.807) is 6.92 Å². The number of likely N-dealkylation sites (tertiary alicyclic amines) is 1. The zero-order valence-electron chi connectivity index (χ0n) is 15.9. The van der Waals surface area contributed by atoms with Gasteiger partial charge >= 0.3 is 6.29 Å². The molecule has 1 saturated heterocycles. The number of aromatic nitrogens is 4. The Labute approximate surface area is 167 Å². The van der Waals surface area contributed by atoms with Gasteiger partial charge in [-0.2, -0.15) is 4.52 Å². The second-order valence-electron chi connectivity index (χ2n) is 7.63. The van der Waals surface area contributed by atoms with Crippen molar-refractivity contribution in [2.24, 2.45) is 0 Å². The third kappa shape index (κ3) is 3.15. The molecule has 0 aliphatic carbocycles. The summed E-state index contributed by atoms with van der Waals surface area (Å²) < 4.78 is 64.3. The molecule has 2 N–H and O–H groups in total. The standard InChI is InChI=1S/C18H18F4N6O2/c1-9-8-17(19,20)5-7-27(9)6-4-12-24-15-10-2-3-11-14(30-18(21,22)29-11)13(10)25-16(23)28(15)26-12/h2-3,9H,4-8H2,1H3,(H2,23,25)/t9-/m1/s1. The molecule has 0 saturated carbocycles. The number of hydrogen-bond acceptors (Lipinski definition) is 7. The number of alkyl halides is 4. The second kappa shape index (κ2) is 6.30. The zero-order valence-corrected chi connectivity index (χ0v) is 15.9. The molecule has 2 aromatic heterocycles. The van der Waals surface area contributed by atoms with E-state index in [2.05, 4.69) is 24.5 Å². The first-order chi connectivity index (χ1) is 14.1. The van der Waals surface area contributed by atoms with Gasteiger partial charge in [-0.05, 0) is 19.1 Å². The Morgan fingerprint density at radius 2 is 2.00 bits per heavy atom. The molecule has 2 aliphatic heterocycles. The molecule has 1 aromatic carbocycles. The fourth-order valence-electron chi connectivity index (χ4n) is 4.01. The van der Waals surface area contributed by atoms with Gasteiger partial charge < -0.3 is 15.2 Å². The topological polar surface area (TPSA) is 90.8 Å². The van der Waals surface area contributed by atoms with Crippen LogP contribution in [0.1, 0.15) is 25.6 Å². The summed E-state index contributed by atoms with van der Waals surface area (Å²) in [5, 5.41) is 4.77. The van der Waals surface area contributed by atoms with Gasteiger partial charge in [0.15, 0.2) is 23.0 Å². The molecule has 3 aromatic rings. The highest BCUT2D eigenvalue weighted by atomic mass is 19.3. The molecular weight excluding hydrogens is 408 g/mol. The minimum absolute atomic E-state index is 0.0468. The average molecular weight is 426 g/mol. The van der Waals surface area contributed by atoms with Gasteiger partial charge in [0, 0.05) is 43.8 Å². The lowest BCUT2D eigenvalue weighted by molar-refractivity contribution is -0.286. The first-order valence-electron chi connectivity index (χ1n) is 9.47. The molecule has 1 fully saturated rings. The van der Waals surface area contributed by atoms with Gasteiger partial charge in [-0.25, -0.2) is 18.7 Å². The maximum Gasteiger partial charge on any atom is 0.586 e. The molecule has 0 amide bonds. The van der Waals surface area contributed by atoms with E-state index in [1.807, 2.05) is 4.90 Å². The number of rotatable bonds is 3. The van der Waals surface area contributed by atoms with Gasteiger partial charge in [-0.1, -0.05) is 0 Å². The maximum atomic E-state index is 13.5. The minimum atomic E-state index is -3.78. The number of nitrogens with two attached hydrogens (primary N) is 1. The summed E-state index contributed by atoms with van der Waals surface area (Å²) in [5.41, 5.74) is 6.40. The number of nitrogens with zero attached hydrogens (tertiary/aromatic N) is 5. The molecule has 0 spiro atoms. The van der Waals surface area contributed by atoms with Crippen LogP contribution in [0.5, 0.6) is 11.5 Å². The normalized spacial score (nSPS) is 22.8. The largest absolute Gasteiger partial charge is 0.586 e. The van der Waals surface area contributed by atoms with Crippen molar-refractivity contribution in [2.45, 2.75) is 44.4 Å². The van der Waals surface area contributed by atoms with Gasteiger partial charge in [-0.15, -0.1) is 13.9 Å². The molecule has 1 atom stereocenters. The Hall–Kier alpha value is -2.89. The monoisotopic (exact) mass is 426 g/mol. The van der Waals surface area contributed by atoms with Gasteiger partial charge in [-0.3, -0.25) is 4.90 Å². The van der Waals surface area contributed by atoms with Crippen LogP contribution in [0, 0.1) is 0 Å². The highest BCUT2D eigenvalue weighted by Gasteiger charge is 2.45. The molecule has 4 heterocycles. The smallest absolute Gasteiger partial charge is 0.395 e. The number of halogens is 4. The maximum absolute atomic E-state index is 13.5. The SMILES string of the molecule is C[C@@H]1CC(F)(F)CCN1CCc1nc2c3ccc4c(c3nc(N)n2n1)OC(F)(F)O4. The number of nitrogen functional groups attached to an aromatic ring is 1. The number of ether oxygens (including phenoxy) is 2. The van der Waals surface area contributed by atoms with Crippen molar-refractivity contribution < 1.29 is 27.0 Å². The number of anilines is 1. The number of hydrogen-bond donors (Lipinski definition) is 1. The molecule has 30 heavy (non-hydrogen) atoms. The van der Waals surface area contributed by atoms with Crippen molar-refractivity contribution in [2.75, 3.05) is 18.8 Å². The molecule has 0 bridgehead atoms. The van der Waals surface area contributed by atoms with Gasteiger partial charge in [0.1, 0.15) is 5.52 Å². The molecule has 0 radical (unpaired) electrons. The lowest BCUT2D eigenvalue weighted by Gasteiger charge is -2.37. The Morgan fingerprint density at radius 1 is 1.20 bits per heavy atom. The Kier molecular flexibility index (Phi) is 4.01. The van der Waals surface area contributed by atoms with E-state index in [-0.39, 0.29) is 41.8 Å². The van der Waals surface area contributed by atoms with E-state index >= 15 is 0 Å². The van der Waals surface area contributed by atoms with Crippen LogP contribution in [0.3, 0.4) is 0 Å². The van der Waals surface area contributed by atoms with Crippen molar-refractivity contribution in [1.29, 1.82) is 0 Å². The van der Waals surface area contributed by atoms with E-state index in [0.717, 1.165) is 0 Å². The minimum Gasteiger partial charge on any atom is -0.395 e. The molecule has 8 nitrogen and oxygen atoms in total. The van der Waals surface area contributed by atoms with E-state index in [4.69, 9.17) is 5.73 Å². The van der Waals surface area contributed by atoms with Crippen LogP contribution in [0.2, 0.25) is 0 Å². The molecule has 12 heteroatoms. The summed E-state index contributed by atoms with van der Waals surface area (Å²) in [6.07, 6.45) is -3.71. The average Bonchev–Trinajstić information content (AvgIpc) is 3.21. The van der Waals surface area contributed by atoms with Gasteiger partial charge in [0.2, 0.25) is 5.95 Å². The lowest BCUT2D eigenvalue weighted by Crippen LogP contribution is -2.46. The predicted molar refractivity (Wildman–Crippen MR) is 97.8 cm³/mol. The van der Waals surface area contributed by atoms with E-state index in [9.17, 15) is 17.6 Å². The summed E-state index contributed by atoms with van der Waals surface area (Å²) in [6, 6.07) is 2.63. The summed E-state index contributed by atoms with van der Waals surface area (Å²) >= 11 is 0. The second-order valence-corrected chi connectivity index (χ2v) is 7.63. The van der Waals surface area contributed by atoms with Crippen molar-refractivity contribution in [1.82, 2.24) is 24.5 Å². The van der Waals surface area contributed by atoms with Gasteiger partial charge in [0.25, 0.3) is 5.92 Å². The Balaban J connectivity index is 1.45. The third-order valence-electron chi connectivity index (χ3n) is 5.49. The molecular formula is C18H18F4N6O2. The molecule has 160 valence electrons. The lowest BCUT2D eigenvalue weighted by atomic mass is 9.99. The molecule has 5 rings (SSSR count). The van der Waals surface area contributed by atoms with Gasteiger partial charge in [0.05, 0.1) is 0 Å². The number of piperidine rings is 1. The number of benzene rings is 1. The Morgan fingerprint density at radius 3 is 2.77 bits per heavy atom. The van der Waals surface area contributed by atoms with Crippen molar-refractivity contribution in [3.8, 4) is 11.5 Å². The van der Waals surface area contributed by atoms with Crippen LogP contribution in [-0.4, -0.2) is 55.8 Å². The summed E-state index contributed by atoms with van der Waals surface area (Å²) in [5.74, 6) is -2.57. The zero-order chi connectivity index (χ0) is 21.3. The fraction of sp³-hybridized carbons (Fsp3) is 0.500. The van der Waals surface area contributed by atoms with Crippen LogP contribution in [0.4, 0.5) is 23.5 Å². The van der Waals surface area contributed by atoms with E-state index in [1.165, 1.54) is 16.6 Å². The van der Waals surface area contributed by atoms with Crippen molar-refractivity contribution >= 4 is 22.5 Å². The third-order valence-corrected chi connectivity index (χ3v) is 5.49. The quantitative estimate of drug-likeness (QED) is 0.644.